The molecule has 1 saturated carbocycles. The van der Waals surface area contributed by atoms with Crippen molar-refractivity contribution in [3.63, 3.8) is 0 Å². The molecule has 23 heavy (non-hydrogen) atoms. The van der Waals surface area contributed by atoms with Crippen molar-refractivity contribution in [2.24, 2.45) is 0 Å². The molecule has 0 spiro atoms. The molecule has 4 rings (SSSR count). The molecule has 1 aromatic carbocycles. The average molecular weight is 302 g/mol. The van der Waals surface area contributed by atoms with Crippen LogP contribution in [-0.4, -0.2) is 19.7 Å². The Balaban J connectivity index is 1.72. The van der Waals surface area contributed by atoms with Gasteiger partial charge in [-0.1, -0.05) is 12.0 Å². The summed E-state index contributed by atoms with van der Waals surface area (Å²) in [5.41, 5.74) is 3.18. The molecule has 1 aliphatic rings. The predicted octanol–water partition coefficient (Wildman–Crippen LogP) is 3.68. The fraction of sp³-hybridized carbons (Fsp3) is 0.316. The molecule has 0 N–H and O–H groups in total. The number of hydrogen-bond donors (Lipinski definition) is 0. The van der Waals surface area contributed by atoms with Gasteiger partial charge in [-0.3, -0.25) is 4.68 Å². The molecule has 2 aromatic heterocycles. The van der Waals surface area contributed by atoms with Gasteiger partial charge in [0.15, 0.2) is 0 Å². The largest absolute Gasteiger partial charge is 0.257 e. The summed E-state index contributed by atoms with van der Waals surface area (Å²) < 4.78 is 2.02. The monoisotopic (exact) mass is 302 g/mol. The van der Waals surface area contributed by atoms with E-state index in [9.17, 15) is 0 Å². The highest BCUT2D eigenvalue weighted by Crippen LogP contribution is 2.37. The van der Waals surface area contributed by atoms with E-state index in [0.29, 0.717) is 5.92 Å². The van der Waals surface area contributed by atoms with Gasteiger partial charge in [0.2, 0.25) is 0 Å². The molecule has 114 valence electrons. The first-order valence-corrected chi connectivity index (χ1v) is 7.98. The maximum absolute atomic E-state index is 4.58. The Labute approximate surface area is 135 Å². The summed E-state index contributed by atoms with van der Waals surface area (Å²) in [6.07, 6.45) is 8.22. The molecule has 0 aliphatic heterocycles. The third-order valence-corrected chi connectivity index (χ3v) is 4.38. The number of benzene rings is 1. The van der Waals surface area contributed by atoms with Crippen LogP contribution in [-0.2, 0) is 0 Å². The lowest BCUT2D eigenvalue weighted by Gasteiger charge is -2.13. The van der Waals surface area contributed by atoms with Crippen LogP contribution in [0.4, 0.5) is 0 Å². The van der Waals surface area contributed by atoms with Crippen LogP contribution in [0.5, 0.6) is 0 Å². The van der Waals surface area contributed by atoms with Crippen molar-refractivity contribution < 1.29 is 0 Å². The predicted molar refractivity (Wildman–Crippen MR) is 90.1 cm³/mol. The van der Waals surface area contributed by atoms with Crippen molar-refractivity contribution in [3.8, 4) is 11.8 Å². The Hall–Kier alpha value is -2.67. The van der Waals surface area contributed by atoms with Gasteiger partial charge in [0.05, 0.1) is 17.8 Å². The quantitative estimate of drug-likeness (QED) is 0.693. The molecule has 1 aliphatic carbocycles. The molecule has 0 bridgehead atoms. The van der Waals surface area contributed by atoms with Crippen LogP contribution >= 0.6 is 0 Å². The number of nitrogens with zero attached hydrogens (tertiary/aromatic N) is 4. The molecule has 0 amide bonds. The van der Waals surface area contributed by atoms with E-state index in [4.69, 9.17) is 0 Å². The van der Waals surface area contributed by atoms with E-state index >= 15 is 0 Å². The third kappa shape index (κ3) is 2.49. The van der Waals surface area contributed by atoms with E-state index in [1.807, 2.05) is 42.3 Å². The van der Waals surface area contributed by atoms with Crippen LogP contribution < -0.4 is 0 Å². The van der Waals surface area contributed by atoms with Crippen molar-refractivity contribution in [2.75, 3.05) is 0 Å². The summed E-state index contributed by atoms with van der Waals surface area (Å²) >= 11 is 0. The molecule has 3 aromatic rings. The van der Waals surface area contributed by atoms with Crippen molar-refractivity contribution in [1.82, 2.24) is 19.7 Å². The second-order valence-corrected chi connectivity index (χ2v) is 6.03. The topological polar surface area (TPSA) is 43.6 Å². The lowest BCUT2D eigenvalue weighted by Crippen LogP contribution is -2.09. The van der Waals surface area contributed by atoms with Gasteiger partial charge in [-0.25, -0.2) is 9.97 Å². The van der Waals surface area contributed by atoms with Gasteiger partial charge in [-0.15, -0.1) is 5.92 Å². The molecule has 1 fully saturated rings. The highest BCUT2D eigenvalue weighted by Gasteiger charge is 2.26. The Bertz CT molecular complexity index is 908. The zero-order chi connectivity index (χ0) is 15.8. The standard InChI is InChI=1S/C19H18N4/c1-3-5-14-6-4-7-18-17(14)12-22-23(18)13(2)16-10-20-19(21-11-16)15-8-9-15/h4,6-7,10-13,15H,8-9H2,1-2H3. The first-order valence-electron chi connectivity index (χ1n) is 7.98. The van der Waals surface area contributed by atoms with Crippen molar-refractivity contribution >= 4 is 10.9 Å². The summed E-state index contributed by atoms with van der Waals surface area (Å²) in [5.74, 6) is 7.67. The van der Waals surface area contributed by atoms with Crippen LogP contribution in [0.1, 0.15) is 55.6 Å². The van der Waals surface area contributed by atoms with Crippen LogP contribution in [0.15, 0.2) is 36.8 Å². The second-order valence-electron chi connectivity index (χ2n) is 6.03. The van der Waals surface area contributed by atoms with E-state index < -0.39 is 0 Å². The molecule has 1 atom stereocenters. The van der Waals surface area contributed by atoms with Crippen LogP contribution in [0.3, 0.4) is 0 Å². The maximum atomic E-state index is 4.58. The summed E-state index contributed by atoms with van der Waals surface area (Å²) in [7, 11) is 0. The number of aromatic nitrogens is 4. The first kappa shape index (κ1) is 14.0. The third-order valence-electron chi connectivity index (χ3n) is 4.38. The number of hydrogen-bond acceptors (Lipinski definition) is 3. The summed E-state index contributed by atoms with van der Waals surface area (Å²) in [6, 6.07) is 6.23. The van der Waals surface area contributed by atoms with Crippen LogP contribution in [0.25, 0.3) is 10.9 Å². The Morgan fingerprint density at radius 1 is 1.17 bits per heavy atom. The Kier molecular flexibility index (Phi) is 3.34. The average Bonchev–Trinajstić information content (AvgIpc) is 3.34. The molecule has 0 saturated heterocycles. The highest BCUT2D eigenvalue weighted by atomic mass is 15.3. The van der Waals surface area contributed by atoms with E-state index in [2.05, 4.69) is 39.9 Å². The Morgan fingerprint density at radius 3 is 2.65 bits per heavy atom. The van der Waals surface area contributed by atoms with Crippen LogP contribution in [0.2, 0.25) is 0 Å². The van der Waals surface area contributed by atoms with Crippen molar-refractivity contribution in [2.45, 2.75) is 38.6 Å². The number of fused-ring (bicyclic) bond motifs is 1. The molecule has 2 heterocycles. The van der Waals surface area contributed by atoms with Crippen molar-refractivity contribution in [1.29, 1.82) is 0 Å². The van der Waals surface area contributed by atoms with Gasteiger partial charge in [-0.05, 0) is 38.8 Å². The summed E-state index contributed by atoms with van der Waals surface area (Å²) in [5, 5.41) is 5.66. The minimum Gasteiger partial charge on any atom is -0.257 e. The molecular formula is C19H18N4. The van der Waals surface area contributed by atoms with E-state index in [0.717, 1.165) is 27.9 Å². The molecule has 1 unspecified atom stereocenters. The molecule has 4 nitrogen and oxygen atoms in total. The first-order chi connectivity index (χ1) is 11.3. The fourth-order valence-electron chi connectivity index (χ4n) is 2.88. The zero-order valence-corrected chi connectivity index (χ0v) is 13.3. The molecule has 0 radical (unpaired) electrons. The smallest absolute Gasteiger partial charge is 0.131 e. The number of rotatable bonds is 3. The highest BCUT2D eigenvalue weighted by molar-refractivity contribution is 5.85. The minimum absolute atomic E-state index is 0.0885. The van der Waals surface area contributed by atoms with E-state index in [1.54, 1.807) is 0 Å². The Morgan fingerprint density at radius 2 is 1.96 bits per heavy atom. The van der Waals surface area contributed by atoms with Gasteiger partial charge in [0.25, 0.3) is 0 Å². The molecule has 4 heteroatoms. The van der Waals surface area contributed by atoms with Crippen molar-refractivity contribution in [3.05, 3.63) is 53.7 Å². The van der Waals surface area contributed by atoms with Gasteiger partial charge >= 0.3 is 0 Å². The molecular weight excluding hydrogens is 284 g/mol. The zero-order valence-electron chi connectivity index (χ0n) is 13.3. The van der Waals surface area contributed by atoms with E-state index in [-0.39, 0.29) is 6.04 Å². The van der Waals surface area contributed by atoms with Crippen LogP contribution in [0, 0.1) is 11.8 Å². The minimum atomic E-state index is 0.0885. The SMILES string of the molecule is CC#Cc1cccc2c1cnn2C(C)c1cnc(C2CC2)nc1. The lowest BCUT2D eigenvalue weighted by molar-refractivity contribution is 0.578. The summed E-state index contributed by atoms with van der Waals surface area (Å²) in [4.78, 5) is 9.05. The lowest BCUT2D eigenvalue weighted by atomic mass is 10.1. The second kappa shape index (κ2) is 5.51. The van der Waals surface area contributed by atoms with Gasteiger partial charge in [0, 0.05) is 34.8 Å². The fourth-order valence-corrected chi connectivity index (χ4v) is 2.88. The van der Waals surface area contributed by atoms with Gasteiger partial charge in [0.1, 0.15) is 5.82 Å². The van der Waals surface area contributed by atoms with Gasteiger partial charge < -0.3 is 0 Å². The van der Waals surface area contributed by atoms with E-state index in [1.165, 1.54) is 12.8 Å². The van der Waals surface area contributed by atoms with Gasteiger partial charge in [-0.2, -0.15) is 5.10 Å². The summed E-state index contributed by atoms with van der Waals surface area (Å²) in [6.45, 7) is 3.98. The maximum Gasteiger partial charge on any atom is 0.131 e. The normalized spacial score (nSPS) is 15.2.